The molecule has 53 valence electrons. The van der Waals surface area contributed by atoms with E-state index < -0.39 is 9.57 Å². The molecule has 0 saturated carbocycles. The lowest BCUT2D eigenvalue weighted by molar-refractivity contribution is 0.0597. The monoisotopic (exact) mass is 323 g/mol. The van der Waals surface area contributed by atoms with E-state index in [0.29, 0.717) is 5.33 Å². The van der Waals surface area contributed by atoms with Crippen molar-refractivity contribution < 1.29 is 14.6 Å². The van der Waals surface area contributed by atoms with Crippen molar-refractivity contribution in [3.05, 3.63) is 0 Å². The maximum absolute atomic E-state index is 9.76. The molecular formula is C3H2Br3O3. The van der Waals surface area contributed by atoms with Crippen LogP contribution in [-0.4, -0.2) is 14.9 Å². The predicted molar refractivity (Wildman–Crippen MR) is 41.5 cm³/mol. The summed E-state index contributed by atoms with van der Waals surface area (Å²) in [5, 5.41) is 10.1. The van der Waals surface area contributed by atoms with Crippen molar-refractivity contribution in [2.24, 2.45) is 0 Å². The number of hydrogen-bond donors (Lipinski definition) is 0. The Kier molecular flexibility index (Phi) is 4.07. The maximum Gasteiger partial charge on any atom is 0.552 e. The molecule has 9 heavy (non-hydrogen) atoms. The fourth-order valence-corrected chi connectivity index (χ4v) is 0.528. The molecule has 0 aliphatic heterocycles. The van der Waals surface area contributed by atoms with Crippen molar-refractivity contribution in [1.82, 2.24) is 0 Å². The minimum Gasteiger partial charge on any atom is -0.402 e. The van der Waals surface area contributed by atoms with Gasteiger partial charge in [0.2, 0.25) is 3.42 Å². The fourth-order valence-electron chi connectivity index (χ4n) is 0.149. The third-order valence-electron chi connectivity index (χ3n) is 0.388. The highest BCUT2D eigenvalue weighted by atomic mass is 79.9. The molecule has 0 aliphatic carbocycles. The first-order chi connectivity index (χ1) is 3.98. The van der Waals surface area contributed by atoms with E-state index in [1.807, 2.05) is 0 Å². The molecule has 0 aliphatic rings. The van der Waals surface area contributed by atoms with Crippen LogP contribution in [0.2, 0.25) is 0 Å². The minimum absolute atomic E-state index is 0.300. The number of carbonyl (C=O) groups excluding carboxylic acids is 1. The predicted octanol–water partition coefficient (Wildman–Crippen LogP) is 2.39. The second-order valence-corrected chi connectivity index (χ2v) is 5.31. The van der Waals surface area contributed by atoms with Gasteiger partial charge in [-0.1, -0.05) is 15.9 Å². The van der Waals surface area contributed by atoms with Gasteiger partial charge in [0.15, 0.2) is 0 Å². The molecular weight excluding hydrogens is 324 g/mol. The van der Waals surface area contributed by atoms with Gasteiger partial charge in [0.25, 0.3) is 0 Å². The number of rotatable bonds is 2. The topological polar surface area (TPSA) is 46.2 Å². The zero-order valence-corrected chi connectivity index (χ0v) is 8.82. The summed E-state index contributed by atoms with van der Waals surface area (Å²) in [5.41, 5.74) is 0. The van der Waals surface area contributed by atoms with Crippen LogP contribution in [-0.2, 0) is 9.84 Å². The number of hydrogen-bond acceptors (Lipinski definition) is 2. The Morgan fingerprint density at radius 1 is 1.56 bits per heavy atom. The van der Waals surface area contributed by atoms with Gasteiger partial charge in [-0.25, -0.2) is 0 Å². The van der Waals surface area contributed by atoms with Crippen molar-refractivity contribution in [2.75, 3.05) is 5.33 Å². The summed E-state index contributed by atoms with van der Waals surface area (Å²) in [4.78, 5) is 9.76. The summed E-state index contributed by atoms with van der Waals surface area (Å²) < 4.78 is 3.12. The molecule has 0 amide bonds. The molecule has 0 unspecified atom stereocenters. The third kappa shape index (κ3) is 5.17. The van der Waals surface area contributed by atoms with Crippen LogP contribution in [0.3, 0.4) is 0 Å². The molecule has 0 bridgehead atoms. The maximum atomic E-state index is 9.76. The first-order valence-electron chi connectivity index (χ1n) is 1.82. The van der Waals surface area contributed by atoms with Crippen LogP contribution >= 0.6 is 47.8 Å². The SMILES string of the molecule is [O]C(=O)OC(Br)(Br)CBr. The highest BCUT2D eigenvalue weighted by molar-refractivity contribution is 9.26. The van der Waals surface area contributed by atoms with Gasteiger partial charge in [0, 0.05) is 0 Å². The molecule has 0 rings (SSSR count). The fraction of sp³-hybridized carbons (Fsp3) is 0.667. The Balaban J connectivity index is 3.71. The summed E-state index contributed by atoms with van der Waals surface area (Å²) in [6, 6.07) is 0. The normalized spacial score (nSPS) is 11.0. The number of halogens is 3. The second-order valence-electron chi connectivity index (χ2n) is 1.12. The van der Waals surface area contributed by atoms with Crippen molar-refractivity contribution in [1.29, 1.82) is 0 Å². The largest absolute Gasteiger partial charge is 0.552 e. The first-order valence-corrected chi connectivity index (χ1v) is 4.52. The smallest absolute Gasteiger partial charge is 0.402 e. The number of carbonyl (C=O) groups is 1. The molecule has 0 aromatic heterocycles. The molecule has 0 spiro atoms. The Morgan fingerprint density at radius 2 is 2.00 bits per heavy atom. The molecule has 0 fully saturated rings. The van der Waals surface area contributed by atoms with Gasteiger partial charge >= 0.3 is 6.16 Å². The molecule has 0 heterocycles. The van der Waals surface area contributed by atoms with E-state index in [1.54, 1.807) is 0 Å². The van der Waals surface area contributed by atoms with E-state index in [0.717, 1.165) is 0 Å². The molecule has 0 aromatic carbocycles. The standard InChI is InChI=1S/C3H2Br3O3/c4-1-3(5,6)9-2(7)8/h1H2. The summed E-state index contributed by atoms with van der Waals surface area (Å²) >= 11 is 8.81. The van der Waals surface area contributed by atoms with Crippen LogP contribution < -0.4 is 0 Å². The van der Waals surface area contributed by atoms with E-state index in [9.17, 15) is 9.90 Å². The van der Waals surface area contributed by atoms with Gasteiger partial charge in [0.05, 0.1) is 5.33 Å². The Labute approximate surface area is 77.1 Å². The molecule has 1 radical (unpaired) electrons. The lowest BCUT2D eigenvalue weighted by Crippen LogP contribution is -2.20. The van der Waals surface area contributed by atoms with Crippen LogP contribution in [0.1, 0.15) is 0 Å². The van der Waals surface area contributed by atoms with Crippen LogP contribution in [0, 0.1) is 0 Å². The van der Waals surface area contributed by atoms with E-state index in [4.69, 9.17) is 0 Å². The second kappa shape index (κ2) is 3.78. The quantitative estimate of drug-likeness (QED) is 0.578. The van der Waals surface area contributed by atoms with Crippen molar-refractivity contribution in [3.63, 3.8) is 0 Å². The first kappa shape index (κ1) is 9.71. The summed E-state index contributed by atoms with van der Waals surface area (Å²) in [7, 11) is 0. The van der Waals surface area contributed by atoms with Gasteiger partial charge in [-0.05, 0) is 31.9 Å². The number of ether oxygens (including phenoxy) is 1. The zero-order chi connectivity index (χ0) is 7.49. The highest BCUT2D eigenvalue weighted by Gasteiger charge is 2.26. The average molecular weight is 326 g/mol. The molecule has 3 nitrogen and oxygen atoms in total. The van der Waals surface area contributed by atoms with E-state index in [1.165, 1.54) is 0 Å². The van der Waals surface area contributed by atoms with Crippen LogP contribution in [0.5, 0.6) is 0 Å². The van der Waals surface area contributed by atoms with Gasteiger partial charge in [0.1, 0.15) is 0 Å². The Bertz CT molecular complexity index is 113. The van der Waals surface area contributed by atoms with E-state index in [2.05, 4.69) is 52.5 Å². The van der Waals surface area contributed by atoms with Crippen molar-refractivity contribution >= 4 is 53.9 Å². The third-order valence-corrected chi connectivity index (χ3v) is 3.57. The highest BCUT2D eigenvalue weighted by Crippen LogP contribution is 2.29. The lowest BCUT2D eigenvalue weighted by Gasteiger charge is -2.13. The van der Waals surface area contributed by atoms with Crippen LogP contribution in [0.4, 0.5) is 4.79 Å². The van der Waals surface area contributed by atoms with Crippen LogP contribution in [0.15, 0.2) is 0 Å². The Hall–Kier alpha value is 0.710. The minimum atomic E-state index is -1.58. The van der Waals surface area contributed by atoms with Gasteiger partial charge < -0.3 is 4.74 Å². The van der Waals surface area contributed by atoms with E-state index in [-0.39, 0.29) is 0 Å². The summed E-state index contributed by atoms with van der Waals surface area (Å²) in [6.07, 6.45) is -1.58. The van der Waals surface area contributed by atoms with Gasteiger partial charge in [-0.3, -0.25) is 0 Å². The summed E-state index contributed by atoms with van der Waals surface area (Å²) in [5.74, 6) is 0. The number of alkyl halides is 3. The van der Waals surface area contributed by atoms with Crippen molar-refractivity contribution in [3.8, 4) is 0 Å². The average Bonchev–Trinajstić information content (AvgIpc) is 1.63. The molecule has 0 aromatic rings. The van der Waals surface area contributed by atoms with Gasteiger partial charge in [-0.15, -0.1) is 0 Å². The zero-order valence-electron chi connectivity index (χ0n) is 4.07. The molecule has 6 heteroatoms. The van der Waals surface area contributed by atoms with Gasteiger partial charge in [-0.2, -0.15) is 9.90 Å². The molecule has 0 saturated heterocycles. The van der Waals surface area contributed by atoms with Crippen molar-refractivity contribution in [2.45, 2.75) is 3.42 Å². The molecule has 0 atom stereocenters. The van der Waals surface area contributed by atoms with Crippen LogP contribution in [0.25, 0.3) is 0 Å². The molecule has 0 N–H and O–H groups in total. The summed E-state index contributed by atoms with van der Waals surface area (Å²) in [6.45, 7) is 0. The Morgan fingerprint density at radius 3 is 2.11 bits per heavy atom. The lowest BCUT2D eigenvalue weighted by atomic mass is 10.9. The van der Waals surface area contributed by atoms with E-state index >= 15 is 0 Å².